The number of carbonyl (C=O) groups excluding carboxylic acids is 1. The fourth-order valence-electron chi connectivity index (χ4n) is 2.11. The van der Waals surface area contributed by atoms with E-state index >= 15 is 0 Å². The number of carbonyl (C=O) groups is 1. The average molecular weight is 222 g/mol. The zero-order valence-corrected chi connectivity index (χ0v) is 9.28. The third-order valence-electron chi connectivity index (χ3n) is 3.20. The summed E-state index contributed by atoms with van der Waals surface area (Å²) < 4.78 is 0. The lowest BCUT2D eigenvalue weighted by atomic mass is 9.86. The van der Waals surface area contributed by atoms with Crippen molar-refractivity contribution in [2.45, 2.75) is 31.7 Å². The van der Waals surface area contributed by atoms with Gasteiger partial charge < -0.3 is 11.1 Å². The molecule has 5 nitrogen and oxygen atoms in total. The molecular formula is C11H18N4O. The summed E-state index contributed by atoms with van der Waals surface area (Å²) in [6.45, 7) is 0.747. The van der Waals surface area contributed by atoms with Crippen molar-refractivity contribution in [2.24, 2.45) is 11.7 Å². The van der Waals surface area contributed by atoms with Crippen LogP contribution in [0.25, 0.3) is 0 Å². The first-order chi connectivity index (χ1) is 7.75. The van der Waals surface area contributed by atoms with Crippen LogP contribution in [0.4, 0.5) is 0 Å². The molecule has 1 aromatic rings. The number of amides is 1. The number of nitrogens with one attached hydrogen (secondary N) is 2. The van der Waals surface area contributed by atoms with Crippen LogP contribution in [-0.4, -0.2) is 28.7 Å². The van der Waals surface area contributed by atoms with Gasteiger partial charge >= 0.3 is 0 Å². The Morgan fingerprint density at radius 1 is 1.50 bits per heavy atom. The molecule has 1 saturated carbocycles. The number of aromatic amines is 1. The second-order valence-electron chi connectivity index (χ2n) is 4.48. The molecule has 4 N–H and O–H groups in total. The molecule has 0 radical (unpaired) electrons. The van der Waals surface area contributed by atoms with Gasteiger partial charge in [-0.2, -0.15) is 5.10 Å². The molecule has 1 heterocycles. The zero-order chi connectivity index (χ0) is 11.4. The molecule has 1 aromatic heterocycles. The first kappa shape index (κ1) is 11.1. The molecule has 5 heteroatoms. The van der Waals surface area contributed by atoms with E-state index in [1.54, 1.807) is 6.20 Å². The standard InChI is InChI=1S/C11H18N4O/c12-10-3-1-8(2-4-10)5-13-11(16)9-6-14-15-7-9/h6-8,10H,1-5,12H2,(H,13,16)(H,14,15). The Kier molecular flexibility index (Phi) is 3.56. The second kappa shape index (κ2) is 5.12. The summed E-state index contributed by atoms with van der Waals surface area (Å²) in [7, 11) is 0. The summed E-state index contributed by atoms with van der Waals surface area (Å²) in [6.07, 6.45) is 7.52. The van der Waals surface area contributed by atoms with Crippen LogP contribution < -0.4 is 11.1 Å². The van der Waals surface area contributed by atoms with Crippen LogP contribution in [0.5, 0.6) is 0 Å². The van der Waals surface area contributed by atoms with Gasteiger partial charge in [0.2, 0.25) is 0 Å². The Hall–Kier alpha value is -1.36. The SMILES string of the molecule is NC1CCC(CNC(=O)c2cn[nH]c2)CC1. The van der Waals surface area contributed by atoms with Gasteiger partial charge in [0.15, 0.2) is 0 Å². The Morgan fingerprint density at radius 3 is 2.88 bits per heavy atom. The maximum Gasteiger partial charge on any atom is 0.254 e. The van der Waals surface area contributed by atoms with E-state index in [-0.39, 0.29) is 5.91 Å². The van der Waals surface area contributed by atoms with Crippen molar-refractivity contribution in [3.05, 3.63) is 18.0 Å². The number of nitrogens with zero attached hydrogens (tertiary/aromatic N) is 1. The van der Waals surface area contributed by atoms with Gasteiger partial charge in [0.05, 0.1) is 11.8 Å². The van der Waals surface area contributed by atoms with Crippen molar-refractivity contribution in [2.75, 3.05) is 6.54 Å². The molecule has 0 unspecified atom stereocenters. The largest absolute Gasteiger partial charge is 0.352 e. The van der Waals surface area contributed by atoms with Crippen LogP contribution >= 0.6 is 0 Å². The van der Waals surface area contributed by atoms with E-state index in [0.29, 0.717) is 17.5 Å². The summed E-state index contributed by atoms with van der Waals surface area (Å²) in [4.78, 5) is 11.6. The quantitative estimate of drug-likeness (QED) is 0.702. The molecule has 0 aromatic carbocycles. The van der Waals surface area contributed by atoms with Crippen molar-refractivity contribution in [1.29, 1.82) is 0 Å². The first-order valence-corrected chi connectivity index (χ1v) is 5.78. The smallest absolute Gasteiger partial charge is 0.254 e. The van der Waals surface area contributed by atoms with Crippen molar-refractivity contribution in [3.8, 4) is 0 Å². The van der Waals surface area contributed by atoms with Gasteiger partial charge in [0, 0.05) is 18.8 Å². The van der Waals surface area contributed by atoms with Crippen molar-refractivity contribution in [1.82, 2.24) is 15.5 Å². The van der Waals surface area contributed by atoms with E-state index in [0.717, 1.165) is 32.2 Å². The zero-order valence-electron chi connectivity index (χ0n) is 9.28. The fraction of sp³-hybridized carbons (Fsp3) is 0.636. The monoisotopic (exact) mass is 222 g/mol. The van der Waals surface area contributed by atoms with Gasteiger partial charge in [-0.25, -0.2) is 0 Å². The average Bonchev–Trinajstić information content (AvgIpc) is 2.81. The predicted molar refractivity (Wildman–Crippen MR) is 60.9 cm³/mol. The Balaban J connectivity index is 1.73. The predicted octanol–water partition coefficient (Wildman–Crippen LogP) is 0.657. The first-order valence-electron chi connectivity index (χ1n) is 5.78. The Morgan fingerprint density at radius 2 is 2.25 bits per heavy atom. The van der Waals surface area contributed by atoms with Crippen LogP contribution in [0.1, 0.15) is 36.0 Å². The number of rotatable bonds is 3. The third kappa shape index (κ3) is 2.82. The minimum absolute atomic E-state index is 0.0522. The highest BCUT2D eigenvalue weighted by Crippen LogP contribution is 2.22. The summed E-state index contributed by atoms with van der Waals surface area (Å²) in [5, 5.41) is 9.30. The van der Waals surface area contributed by atoms with Crippen LogP contribution in [0.3, 0.4) is 0 Å². The molecule has 1 aliphatic carbocycles. The maximum absolute atomic E-state index is 11.6. The third-order valence-corrected chi connectivity index (χ3v) is 3.20. The second-order valence-corrected chi connectivity index (χ2v) is 4.48. The maximum atomic E-state index is 11.6. The van der Waals surface area contributed by atoms with Crippen molar-refractivity contribution in [3.63, 3.8) is 0 Å². The molecule has 1 amide bonds. The molecule has 0 aliphatic heterocycles. The van der Waals surface area contributed by atoms with Crippen LogP contribution in [0.15, 0.2) is 12.4 Å². The Labute approximate surface area is 94.8 Å². The molecule has 2 rings (SSSR count). The topological polar surface area (TPSA) is 83.8 Å². The highest BCUT2D eigenvalue weighted by Gasteiger charge is 2.19. The van der Waals surface area contributed by atoms with Gasteiger partial charge in [-0.15, -0.1) is 0 Å². The van der Waals surface area contributed by atoms with E-state index in [1.165, 1.54) is 6.20 Å². The lowest BCUT2D eigenvalue weighted by molar-refractivity contribution is 0.0943. The van der Waals surface area contributed by atoms with Crippen LogP contribution in [0.2, 0.25) is 0 Å². The minimum atomic E-state index is -0.0522. The van der Waals surface area contributed by atoms with E-state index < -0.39 is 0 Å². The van der Waals surface area contributed by atoms with Gasteiger partial charge in [0.25, 0.3) is 5.91 Å². The lowest BCUT2D eigenvalue weighted by Crippen LogP contribution is -2.34. The van der Waals surface area contributed by atoms with E-state index in [2.05, 4.69) is 15.5 Å². The molecule has 0 bridgehead atoms. The number of aromatic nitrogens is 2. The van der Waals surface area contributed by atoms with Crippen LogP contribution in [-0.2, 0) is 0 Å². The highest BCUT2D eigenvalue weighted by molar-refractivity contribution is 5.93. The van der Waals surface area contributed by atoms with Crippen molar-refractivity contribution < 1.29 is 4.79 Å². The summed E-state index contributed by atoms with van der Waals surface area (Å²) in [5.41, 5.74) is 6.42. The van der Waals surface area contributed by atoms with E-state index in [1.807, 2.05) is 0 Å². The number of H-pyrrole nitrogens is 1. The number of hydrogen-bond donors (Lipinski definition) is 3. The van der Waals surface area contributed by atoms with E-state index in [4.69, 9.17) is 5.73 Å². The molecule has 1 aliphatic rings. The summed E-state index contributed by atoms with van der Waals surface area (Å²) in [5.74, 6) is 0.527. The van der Waals surface area contributed by atoms with Gasteiger partial charge in [-0.3, -0.25) is 9.89 Å². The Bertz CT molecular complexity index is 328. The number of nitrogens with two attached hydrogens (primary N) is 1. The van der Waals surface area contributed by atoms with Gasteiger partial charge in [-0.05, 0) is 31.6 Å². The number of hydrogen-bond acceptors (Lipinski definition) is 3. The van der Waals surface area contributed by atoms with Crippen LogP contribution in [0, 0.1) is 5.92 Å². The lowest BCUT2D eigenvalue weighted by Gasteiger charge is -2.25. The molecule has 16 heavy (non-hydrogen) atoms. The van der Waals surface area contributed by atoms with Gasteiger partial charge in [0.1, 0.15) is 0 Å². The molecule has 0 atom stereocenters. The molecule has 88 valence electrons. The molecular weight excluding hydrogens is 204 g/mol. The molecule has 0 spiro atoms. The molecule has 0 saturated heterocycles. The van der Waals surface area contributed by atoms with Crippen molar-refractivity contribution >= 4 is 5.91 Å². The minimum Gasteiger partial charge on any atom is -0.352 e. The summed E-state index contributed by atoms with van der Waals surface area (Å²) in [6, 6.07) is 0.362. The highest BCUT2D eigenvalue weighted by atomic mass is 16.1. The normalized spacial score (nSPS) is 25.3. The fourth-order valence-corrected chi connectivity index (χ4v) is 2.11. The van der Waals surface area contributed by atoms with E-state index in [9.17, 15) is 4.79 Å². The summed E-state index contributed by atoms with van der Waals surface area (Å²) >= 11 is 0. The molecule has 1 fully saturated rings. The van der Waals surface area contributed by atoms with Gasteiger partial charge in [-0.1, -0.05) is 0 Å².